The van der Waals surface area contributed by atoms with Crippen molar-refractivity contribution < 1.29 is 4.74 Å². The van der Waals surface area contributed by atoms with Gasteiger partial charge < -0.3 is 4.74 Å². The van der Waals surface area contributed by atoms with E-state index in [0.717, 1.165) is 32.8 Å². The van der Waals surface area contributed by atoms with E-state index < -0.39 is 0 Å². The molecule has 0 unspecified atom stereocenters. The minimum Gasteiger partial charge on any atom is -0.374 e. The summed E-state index contributed by atoms with van der Waals surface area (Å²) in [5, 5.41) is 4.24. The van der Waals surface area contributed by atoms with Gasteiger partial charge in [-0.3, -0.25) is 9.58 Å². The first-order valence-corrected chi connectivity index (χ1v) is 7.43. The largest absolute Gasteiger partial charge is 0.374 e. The smallest absolute Gasteiger partial charge is 0.0898 e. The number of benzene rings is 1. The minimum atomic E-state index is 0.226. The van der Waals surface area contributed by atoms with Gasteiger partial charge >= 0.3 is 0 Å². The van der Waals surface area contributed by atoms with Crippen LogP contribution < -0.4 is 0 Å². The zero-order chi connectivity index (χ0) is 14.3. The van der Waals surface area contributed by atoms with E-state index in [0.29, 0.717) is 0 Å². The highest BCUT2D eigenvalue weighted by Gasteiger charge is 2.19. The van der Waals surface area contributed by atoms with Crippen LogP contribution in [-0.2, 0) is 11.3 Å². The Morgan fingerprint density at radius 3 is 2.95 bits per heavy atom. The second-order valence-corrected chi connectivity index (χ2v) is 5.29. The zero-order valence-electron chi connectivity index (χ0n) is 12.1. The molecule has 0 radical (unpaired) electrons. The topological polar surface area (TPSA) is 30.3 Å². The summed E-state index contributed by atoms with van der Waals surface area (Å²) in [6, 6.07) is 12.4. The second-order valence-electron chi connectivity index (χ2n) is 5.29. The highest BCUT2D eigenvalue weighted by molar-refractivity contribution is 5.48. The number of aromatic nitrogens is 2. The van der Waals surface area contributed by atoms with Crippen molar-refractivity contribution in [1.82, 2.24) is 14.7 Å². The van der Waals surface area contributed by atoms with Crippen molar-refractivity contribution in [2.24, 2.45) is 0 Å². The summed E-state index contributed by atoms with van der Waals surface area (Å²) < 4.78 is 7.76. The van der Waals surface area contributed by atoms with Crippen molar-refractivity contribution in [1.29, 1.82) is 0 Å². The molecule has 1 fully saturated rings. The monoisotopic (exact) mass is 283 g/mol. The fourth-order valence-electron chi connectivity index (χ4n) is 2.58. The highest BCUT2D eigenvalue weighted by Crippen LogP contribution is 2.08. The van der Waals surface area contributed by atoms with Crippen LogP contribution in [0.1, 0.15) is 5.56 Å². The van der Waals surface area contributed by atoms with E-state index in [-0.39, 0.29) is 6.10 Å². The van der Waals surface area contributed by atoms with Gasteiger partial charge in [0, 0.05) is 32.0 Å². The van der Waals surface area contributed by atoms with Gasteiger partial charge in [-0.1, -0.05) is 42.5 Å². The lowest BCUT2D eigenvalue weighted by Gasteiger charge is -2.32. The van der Waals surface area contributed by atoms with E-state index in [9.17, 15) is 0 Å². The van der Waals surface area contributed by atoms with Crippen molar-refractivity contribution in [2.75, 3.05) is 26.2 Å². The molecule has 21 heavy (non-hydrogen) atoms. The van der Waals surface area contributed by atoms with Gasteiger partial charge in [-0.25, -0.2) is 0 Å². The maximum absolute atomic E-state index is 5.82. The Labute approximate surface area is 125 Å². The van der Waals surface area contributed by atoms with Crippen LogP contribution in [0.3, 0.4) is 0 Å². The number of hydrogen-bond donors (Lipinski definition) is 0. The van der Waals surface area contributed by atoms with Crippen LogP contribution in [0.25, 0.3) is 6.08 Å². The Morgan fingerprint density at radius 2 is 2.14 bits per heavy atom. The third-order valence-corrected chi connectivity index (χ3v) is 3.65. The molecule has 0 N–H and O–H groups in total. The van der Waals surface area contributed by atoms with E-state index in [1.54, 1.807) is 0 Å². The SMILES string of the molecule is C(=C/c1ccccc1)/CN1CCO[C@@H](Cn2cccn2)C1. The molecule has 0 amide bonds. The van der Waals surface area contributed by atoms with Crippen molar-refractivity contribution in [2.45, 2.75) is 12.6 Å². The van der Waals surface area contributed by atoms with Gasteiger partial charge in [-0.2, -0.15) is 5.10 Å². The third kappa shape index (κ3) is 4.28. The van der Waals surface area contributed by atoms with Gasteiger partial charge in [0.05, 0.1) is 19.3 Å². The summed E-state index contributed by atoms with van der Waals surface area (Å²) in [6.07, 6.45) is 8.42. The normalized spacial score (nSPS) is 20.1. The first kappa shape index (κ1) is 14.0. The molecule has 1 aliphatic rings. The maximum Gasteiger partial charge on any atom is 0.0898 e. The van der Waals surface area contributed by atoms with Crippen LogP contribution >= 0.6 is 0 Å². The molecule has 0 saturated carbocycles. The summed E-state index contributed by atoms with van der Waals surface area (Å²) >= 11 is 0. The molecule has 1 aliphatic heterocycles. The molecular weight excluding hydrogens is 262 g/mol. The minimum absolute atomic E-state index is 0.226. The summed E-state index contributed by atoms with van der Waals surface area (Å²) in [5.41, 5.74) is 1.25. The number of rotatable bonds is 5. The molecule has 0 spiro atoms. The van der Waals surface area contributed by atoms with Crippen LogP contribution in [-0.4, -0.2) is 47.0 Å². The highest BCUT2D eigenvalue weighted by atomic mass is 16.5. The van der Waals surface area contributed by atoms with Crippen LogP contribution in [0.15, 0.2) is 54.9 Å². The Balaban J connectivity index is 1.48. The molecular formula is C17H21N3O. The molecule has 2 heterocycles. The van der Waals surface area contributed by atoms with Crippen LogP contribution in [0, 0.1) is 0 Å². The molecule has 1 aromatic heterocycles. The first-order valence-electron chi connectivity index (χ1n) is 7.43. The van der Waals surface area contributed by atoms with Gasteiger partial charge in [0.15, 0.2) is 0 Å². The predicted octanol–water partition coefficient (Wildman–Crippen LogP) is 2.30. The van der Waals surface area contributed by atoms with Gasteiger partial charge in [0.1, 0.15) is 0 Å². The lowest BCUT2D eigenvalue weighted by molar-refractivity contribution is -0.0337. The van der Waals surface area contributed by atoms with Crippen molar-refractivity contribution in [3.63, 3.8) is 0 Å². The van der Waals surface area contributed by atoms with Gasteiger partial charge in [-0.15, -0.1) is 0 Å². The molecule has 110 valence electrons. The average Bonchev–Trinajstić information content (AvgIpc) is 3.02. The first-order chi connectivity index (χ1) is 10.4. The lowest BCUT2D eigenvalue weighted by atomic mass is 10.2. The Morgan fingerprint density at radius 1 is 1.24 bits per heavy atom. The fourth-order valence-corrected chi connectivity index (χ4v) is 2.58. The van der Waals surface area contributed by atoms with Crippen LogP contribution in [0.4, 0.5) is 0 Å². The molecule has 1 saturated heterocycles. The van der Waals surface area contributed by atoms with Crippen LogP contribution in [0.2, 0.25) is 0 Å². The summed E-state index contributed by atoms with van der Waals surface area (Å²) in [7, 11) is 0. The number of morpholine rings is 1. The number of ether oxygens (including phenoxy) is 1. The molecule has 3 rings (SSSR count). The maximum atomic E-state index is 5.82. The lowest BCUT2D eigenvalue weighted by Crippen LogP contribution is -2.44. The van der Waals surface area contributed by atoms with E-state index >= 15 is 0 Å². The third-order valence-electron chi connectivity index (χ3n) is 3.65. The number of nitrogens with zero attached hydrogens (tertiary/aromatic N) is 3. The molecule has 2 aromatic rings. The standard InChI is InChI=1S/C17H21N3O/c1-2-6-16(7-3-1)8-4-10-19-12-13-21-17(14-19)15-20-11-5-9-18-20/h1-9,11,17H,10,12-15H2/b8-4-/t17-/m1/s1. The van der Waals surface area contributed by atoms with Gasteiger partial charge in [0.2, 0.25) is 0 Å². The second kappa shape index (κ2) is 7.20. The summed E-state index contributed by atoms with van der Waals surface area (Å²) in [4.78, 5) is 2.43. The van der Waals surface area contributed by atoms with Gasteiger partial charge in [-0.05, 0) is 11.6 Å². The van der Waals surface area contributed by atoms with Crippen molar-refractivity contribution in [3.8, 4) is 0 Å². The predicted molar refractivity (Wildman–Crippen MR) is 83.9 cm³/mol. The molecule has 0 aliphatic carbocycles. The number of hydrogen-bond acceptors (Lipinski definition) is 3. The molecule has 4 nitrogen and oxygen atoms in total. The quantitative estimate of drug-likeness (QED) is 0.843. The van der Waals surface area contributed by atoms with E-state index in [1.807, 2.05) is 29.2 Å². The summed E-state index contributed by atoms with van der Waals surface area (Å²) in [5.74, 6) is 0. The van der Waals surface area contributed by atoms with E-state index in [4.69, 9.17) is 4.74 Å². The van der Waals surface area contributed by atoms with Crippen molar-refractivity contribution >= 4 is 6.08 Å². The Kier molecular flexibility index (Phi) is 4.82. The molecule has 1 atom stereocenters. The summed E-state index contributed by atoms with van der Waals surface area (Å²) in [6.45, 7) is 4.54. The van der Waals surface area contributed by atoms with Crippen molar-refractivity contribution in [3.05, 3.63) is 60.4 Å². The molecule has 4 heteroatoms. The molecule has 1 aromatic carbocycles. The average molecular weight is 283 g/mol. The van der Waals surface area contributed by atoms with E-state index in [1.165, 1.54) is 5.56 Å². The Bertz CT molecular complexity index is 551. The van der Waals surface area contributed by atoms with Gasteiger partial charge in [0.25, 0.3) is 0 Å². The Hall–Kier alpha value is -1.91. The zero-order valence-corrected chi connectivity index (χ0v) is 12.1. The fraction of sp³-hybridized carbons (Fsp3) is 0.353. The molecule has 0 bridgehead atoms. The van der Waals surface area contributed by atoms with E-state index in [2.05, 4.69) is 46.4 Å². The van der Waals surface area contributed by atoms with Crippen LogP contribution in [0.5, 0.6) is 0 Å².